The largest absolute Gasteiger partial charge is 0.271 e. The van der Waals surface area contributed by atoms with Crippen molar-refractivity contribution in [1.82, 2.24) is 5.43 Å². The fraction of sp³-hybridized carbons (Fsp3) is 0.500. The zero-order valence-electron chi connectivity index (χ0n) is 10.8. The Morgan fingerprint density at radius 1 is 1.47 bits per heavy atom. The Kier molecular flexibility index (Phi) is 7.38. The van der Waals surface area contributed by atoms with E-state index in [0.29, 0.717) is 6.42 Å². The standard InChI is InChI=1S/C12H19BrN2O2S2/c1-19(16,17)7-3-5-11(15-14)9-18-12-6-2-4-10(13)8-12/h2,4,6,8,11,15H,3,5,7,9,14H2,1H3. The zero-order valence-corrected chi connectivity index (χ0v) is 14.0. The van der Waals surface area contributed by atoms with Crippen molar-refractivity contribution in [2.24, 2.45) is 5.84 Å². The van der Waals surface area contributed by atoms with Gasteiger partial charge in [0, 0.05) is 33.2 Å². The van der Waals surface area contributed by atoms with Crippen LogP contribution in [-0.4, -0.2) is 32.2 Å². The highest BCUT2D eigenvalue weighted by Crippen LogP contribution is 2.23. The Labute approximate surface area is 127 Å². The molecule has 0 aliphatic heterocycles. The summed E-state index contributed by atoms with van der Waals surface area (Å²) in [5.74, 6) is 6.53. The minimum atomic E-state index is -2.88. The Morgan fingerprint density at radius 2 is 2.21 bits per heavy atom. The van der Waals surface area contributed by atoms with Gasteiger partial charge in [0.25, 0.3) is 0 Å². The molecule has 0 bridgehead atoms. The van der Waals surface area contributed by atoms with E-state index in [1.807, 2.05) is 18.2 Å². The third-order valence-corrected chi connectivity index (χ3v) is 5.23. The monoisotopic (exact) mass is 366 g/mol. The first-order valence-electron chi connectivity index (χ1n) is 5.93. The van der Waals surface area contributed by atoms with Crippen LogP contribution in [0, 0.1) is 0 Å². The molecule has 0 amide bonds. The minimum Gasteiger partial charge on any atom is -0.271 e. The highest BCUT2D eigenvalue weighted by Gasteiger charge is 2.09. The SMILES string of the molecule is CS(=O)(=O)CCCC(CSc1cccc(Br)c1)NN. The Bertz CT molecular complexity index is 494. The second kappa shape index (κ2) is 8.26. The van der Waals surface area contributed by atoms with Gasteiger partial charge in [-0.3, -0.25) is 11.3 Å². The first-order chi connectivity index (χ1) is 8.90. The topological polar surface area (TPSA) is 72.2 Å². The van der Waals surface area contributed by atoms with E-state index in [0.717, 1.165) is 21.5 Å². The van der Waals surface area contributed by atoms with E-state index in [1.54, 1.807) is 11.8 Å². The molecule has 0 aliphatic carbocycles. The highest BCUT2D eigenvalue weighted by molar-refractivity contribution is 9.10. The van der Waals surface area contributed by atoms with Gasteiger partial charge in [-0.15, -0.1) is 11.8 Å². The molecule has 1 aromatic rings. The van der Waals surface area contributed by atoms with Crippen molar-refractivity contribution < 1.29 is 8.42 Å². The molecule has 0 spiro atoms. The average molecular weight is 367 g/mol. The van der Waals surface area contributed by atoms with Crippen molar-refractivity contribution in [2.75, 3.05) is 17.8 Å². The molecule has 1 aromatic carbocycles. The summed E-state index contributed by atoms with van der Waals surface area (Å²) in [7, 11) is -2.88. The number of nitrogens with two attached hydrogens (primary N) is 1. The van der Waals surface area contributed by atoms with Gasteiger partial charge >= 0.3 is 0 Å². The molecule has 1 unspecified atom stereocenters. The van der Waals surface area contributed by atoms with E-state index in [9.17, 15) is 8.42 Å². The second-order valence-electron chi connectivity index (χ2n) is 4.40. The van der Waals surface area contributed by atoms with E-state index in [1.165, 1.54) is 6.26 Å². The van der Waals surface area contributed by atoms with Crippen LogP contribution in [0.3, 0.4) is 0 Å². The number of hydrogen-bond donors (Lipinski definition) is 2. The molecule has 1 atom stereocenters. The average Bonchev–Trinajstić information content (AvgIpc) is 2.32. The predicted molar refractivity (Wildman–Crippen MR) is 84.9 cm³/mol. The third-order valence-electron chi connectivity index (χ3n) is 2.55. The molecule has 0 aliphatic rings. The Hall–Kier alpha value is -0.0800. The number of nitrogens with one attached hydrogen (secondary N) is 1. The fourth-order valence-corrected chi connectivity index (χ4v) is 3.84. The van der Waals surface area contributed by atoms with Crippen LogP contribution < -0.4 is 11.3 Å². The lowest BCUT2D eigenvalue weighted by Crippen LogP contribution is -2.37. The molecule has 0 fully saturated rings. The summed E-state index contributed by atoms with van der Waals surface area (Å²) in [5.41, 5.74) is 2.75. The van der Waals surface area contributed by atoms with Crippen LogP contribution in [0.5, 0.6) is 0 Å². The summed E-state index contributed by atoms with van der Waals surface area (Å²) >= 11 is 5.13. The maximum Gasteiger partial charge on any atom is 0.147 e. The van der Waals surface area contributed by atoms with Crippen LogP contribution in [0.4, 0.5) is 0 Å². The molecule has 19 heavy (non-hydrogen) atoms. The fourth-order valence-electron chi connectivity index (χ4n) is 1.56. The van der Waals surface area contributed by atoms with Gasteiger partial charge in [-0.1, -0.05) is 22.0 Å². The van der Waals surface area contributed by atoms with Gasteiger partial charge in [-0.2, -0.15) is 0 Å². The van der Waals surface area contributed by atoms with Crippen LogP contribution >= 0.6 is 27.7 Å². The molecule has 1 rings (SSSR count). The quantitative estimate of drug-likeness (QED) is 0.419. The van der Waals surface area contributed by atoms with Gasteiger partial charge in [0.05, 0.1) is 0 Å². The number of rotatable bonds is 8. The third kappa shape index (κ3) is 7.94. The van der Waals surface area contributed by atoms with E-state index < -0.39 is 9.84 Å². The first-order valence-corrected chi connectivity index (χ1v) is 9.77. The second-order valence-corrected chi connectivity index (χ2v) is 8.67. The van der Waals surface area contributed by atoms with Crippen molar-refractivity contribution >= 4 is 37.5 Å². The minimum absolute atomic E-state index is 0.116. The molecule has 0 saturated heterocycles. The number of halogens is 1. The van der Waals surface area contributed by atoms with Crippen LogP contribution in [-0.2, 0) is 9.84 Å². The van der Waals surface area contributed by atoms with Crippen LogP contribution in [0.15, 0.2) is 33.6 Å². The molecule has 4 nitrogen and oxygen atoms in total. The maximum atomic E-state index is 11.1. The molecule has 0 radical (unpaired) electrons. The first kappa shape index (κ1) is 17.0. The highest BCUT2D eigenvalue weighted by atomic mass is 79.9. The maximum absolute atomic E-state index is 11.1. The summed E-state index contributed by atoms with van der Waals surface area (Å²) in [6.07, 6.45) is 2.64. The van der Waals surface area contributed by atoms with Crippen molar-refractivity contribution in [2.45, 2.75) is 23.8 Å². The number of benzene rings is 1. The van der Waals surface area contributed by atoms with Crippen molar-refractivity contribution in [3.05, 3.63) is 28.7 Å². The summed E-state index contributed by atoms with van der Waals surface area (Å²) in [4.78, 5) is 1.16. The summed E-state index contributed by atoms with van der Waals surface area (Å²) in [6, 6.07) is 8.18. The summed E-state index contributed by atoms with van der Waals surface area (Å²) < 4.78 is 23.2. The van der Waals surface area contributed by atoms with Crippen LogP contribution in [0.2, 0.25) is 0 Å². The molecule has 0 saturated carbocycles. The van der Waals surface area contributed by atoms with E-state index in [-0.39, 0.29) is 11.8 Å². The Morgan fingerprint density at radius 3 is 2.79 bits per heavy atom. The van der Waals surface area contributed by atoms with Crippen LogP contribution in [0.25, 0.3) is 0 Å². The van der Waals surface area contributed by atoms with Crippen molar-refractivity contribution in [1.29, 1.82) is 0 Å². The smallest absolute Gasteiger partial charge is 0.147 e. The number of thioether (sulfide) groups is 1. The predicted octanol–water partition coefficient (Wildman–Crippen LogP) is 2.20. The van der Waals surface area contributed by atoms with Crippen molar-refractivity contribution in [3.8, 4) is 0 Å². The molecular formula is C12H19BrN2O2S2. The van der Waals surface area contributed by atoms with Crippen LogP contribution in [0.1, 0.15) is 12.8 Å². The Balaban J connectivity index is 2.36. The van der Waals surface area contributed by atoms with Gasteiger partial charge < -0.3 is 0 Å². The van der Waals surface area contributed by atoms with Gasteiger partial charge in [0.1, 0.15) is 9.84 Å². The van der Waals surface area contributed by atoms with Gasteiger partial charge in [-0.25, -0.2) is 8.42 Å². The van der Waals surface area contributed by atoms with Gasteiger partial charge in [-0.05, 0) is 31.0 Å². The van der Waals surface area contributed by atoms with E-state index >= 15 is 0 Å². The van der Waals surface area contributed by atoms with E-state index in [2.05, 4.69) is 27.4 Å². The lowest BCUT2D eigenvalue weighted by molar-refractivity contribution is 0.528. The normalized spacial score (nSPS) is 13.4. The van der Waals surface area contributed by atoms with E-state index in [4.69, 9.17) is 5.84 Å². The zero-order chi connectivity index (χ0) is 14.3. The lowest BCUT2D eigenvalue weighted by Gasteiger charge is -2.15. The number of sulfone groups is 1. The number of hydrogen-bond acceptors (Lipinski definition) is 5. The van der Waals surface area contributed by atoms with Crippen molar-refractivity contribution in [3.63, 3.8) is 0 Å². The van der Waals surface area contributed by atoms with Gasteiger partial charge in [0.15, 0.2) is 0 Å². The number of hydrazine groups is 1. The molecule has 7 heteroatoms. The summed E-state index contributed by atoms with van der Waals surface area (Å²) in [6.45, 7) is 0. The molecule has 0 heterocycles. The molecule has 3 N–H and O–H groups in total. The lowest BCUT2D eigenvalue weighted by atomic mass is 10.2. The molecule has 0 aromatic heterocycles. The molecular weight excluding hydrogens is 348 g/mol. The van der Waals surface area contributed by atoms with Gasteiger partial charge in [0.2, 0.25) is 0 Å². The summed E-state index contributed by atoms with van der Waals surface area (Å²) in [5, 5.41) is 0. The molecule has 108 valence electrons.